The number of nitrogens with one attached hydrogen (secondary N) is 1. The number of nitrogens with zero attached hydrogens (tertiary/aromatic N) is 1. The molecule has 15 heavy (non-hydrogen) atoms. The normalized spacial score (nSPS) is 13.5. The van der Waals surface area contributed by atoms with Crippen LogP contribution in [0.5, 0.6) is 0 Å². The maximum Gasteiger partial charge on any atom is 0.305 e. The number of carboxylic acids is 2. The molecule has 0 aliphatic rings. The molecule has 0 aromatic carbocycles. The van der Waals surface area contributed by atoms with Crippen molar-refractivity contribution in [3.63, 3.8) is 0 Å². The lowest BCUT2D eigenvalue weighted by Crippen LogP contribution is -2.50. The lowest BCUT2D eigenvalue weighted by Gasteiger charge is -2.25. The lowest BCUT2D eigenvalue weighted by molar-refractivity contribution is -0.869. The molecule has 0 saturated heterocycles. The van der Waals surface area contributed by atoms with Gasteiger partial charge in [0.25, 0.3) is 0 Å². The van der Waals surface area contributed by atoms with E-state index in [1.165, 1.54) is 0 Å². The number of quaternary nitrogens is 1. The second-order valence-electron chi connectivity index (χ2n) is 4.44. The smallest absolute Gasteiger partial charge is 0.305 e. The van der Waals surface area contributed by atoms with Crippen molar-refractivity contribution in [1.82, 2.24) is 5.32 Å². The van der Waals surface area contributed by atoms with Crippen LogP contribution in [0.15, 0.2) is 0 Å². The zero-order valence-electron chi connectivity index (χ0n) is 9.32. The van der Waals surface area contributed by atoms with Gasteiger partial charge in [-0.15, -0.1) is 0 Å². The van der Waals surface area contributed by atoms with Gasteiger partial charge in [-0.25, -0.2) is 0 Å². The number of rotatable bonds is 7. The van der Waals surface area contributed by atoms with E-state index in [0.29, 0.717) is 17.6 Å². The first-order valence-electron chi connectivity index (χ1n) is 4.69. The first-order chi connectivity index (χ1) is 6.72. The van der Waals surface area contributed by atoms with Crippen molar-refractivity contribution >= 4 is 11.9 Å². The molecule has 0 saturated carbocycles. The van der Waals surface area contributed by atoms with E-state index >= 15 is 0 Å². The predicted octanol–water partition coefficient (Wildman–Crippen LogP) is -2.12. The molecule has 88 valence electrons. The summed E-state index contributed by atoms with van der Waals surface area (Å²) in [5.74, 6) is -2.53. The summed E-state index contributed by atoms with van der Waals surface area (Å²) in [6, 6.07) is -1.12. The third-order valence-corrected chi connectivity index (χ3v) is 1.84. The third kappa shape index (κ3) is 7.90. The standard InChI is InChI=1S/C9H18N2O4/c1-11(2,3)5-4-10-7(9(14)15)6-8(12)13/h7,10H,4-6H2,1-3H3,(H-,12,13,14,15). The second-order valence-corrected chi connectivity index (χ2v) is 4.44. The molecule has 0 aliphatic carbocycles. The predicted molar refractivity (Wildman–Crippen MR) is 51.9 cm³/mol. The fourth-order valence-electron chi connectivity index (χ4n) is 0.988. The largest absolute Gasteiger partial charge is 0.548 e. The second kappa shape index (κ2) is 5.67. The molecule has 1 unspecified atom stereocenters. The number of aliphatic carboxylic acids is 2. The highest BCUT2D eigenvalue weighted by molar-refractivity contribution is 5.79. The van der Waals surface area contributed by atoms with E-state index in [2.05, 4.69) is 5.32 Å². The van der Waals surface area contributed by atoms with Gasteiger partial charge in [0.1, 0.15) is 0 Å². The molecular formula is C9H18N2O4. The van der Waals surface area contributed by atoms with Crippen LogP contribution < -0.4 is 10.4 Å². The van der Waals surface area contributed by atoms with Gasteiger partial charge in [-0.05, 0) is 0 Å². The van der Waals surface area contributed by atoms with Crippen molar-refractivity contribution in [2.75, 3.05) is 34.2 Å². The van der Waals surface area contributed by atoms with Gasteiger partial charge in [0.05, 0.1) is 46.1 Å². The van der Waals surface area contributed by atoms with Gasteiger partial charge in [-0.3, -0.25) is 4.79 Å². The number of likely N-dealkylation sites (N-methyl/N-ethyl adjacent to an activating group) is 1. The van der Waals surface area contributed by atoms with Crippen LogP contribution in [0.2, 0.25) is 0 Å². The minimum atomic E-state index is -1.38. The van der Waals surface area contributed by atoms with E-state index < -0.39 is 24.4 Å². The Balaban J connectivity index is 3.98. The highest BCUT2D eigenvalue weighted by Crippen LogP contribution is 1.92. The van der Waals surface area contributed by atoms with Gasteiger partial charge >= 0.3 is 5.97 Å². The maximum atomic E-state index is 10.5. The average molecular weight is 218 g/mol. The Bertz CT molecular complexity index is 235. The van der Waals surface area contributed by atoms with Crippen LogP contribution in [-0.2, 0) is 9.59 Å². The SMILES string of the molecule is C[N+](C)(C)CCNC(CC(=O)O)C(=O)[O-]. The average Bonchev–Trinajstić information content (AvgIpc) is 1.99. The van der Waals surface area contributed by atoms with Gasteiger partial charge in [-0.1, -0.05) is 0 Å². The van der Waals surface area contributed by atoms with Crippen molar-refractivity contribution in [1.29, 1.82) is 0 Å². The van der Waals surface area contributed by atoms with E-state index in [9.17, 15) is 14.7 Å². The van der Waals surface area contributed by atoms with Crippen molar-refractivity contribution in [2.24, 2.45) is 0 Å². The molecular weight excluding hydrogens is 200 g/mol. The van der Waals surface area contributed by atoms with Crippen LogP contribution >= 0.6 is 0 Å². The van der Waals surface area contributed by atoms with Crippen molar-refractivity contribution < 1.29 is 24.3 Å². The summed E-state index contributed by atoms with van der Waals surface area (Å²) in [4.78, 5) is 20.9. The van der Waals surface area contributed by atoms with Crippen LogP contribution in [0.25, 0.3) is 0 Å². The summed E-state index contributed by atoms with van der Waals surface area (Å²) in [6.07, 6.45) is -0.459. The van der Waals surface area contributed by atoms with Gasteiger partial charge in [0, 0.05) is 6.54 Å². The van der Waals surface area contributed by atoms with Gasteiger partial charge < -0.3 is 24.8 Å². The molecule has 2 N–H and O–H groups in total. The Hall–Kier alpha value is -1.14. The van der Waals surface area contributed by atoms with E-state index in [1.807, 2.05) is 21.1 Å². The molecule has 0 rings (SSSR count). The highest BCUT2D eigenvalue weighted by atomic mass is 16.4. The molecule has 0 aromatic heterocycles. The zero-order valence-corrected chi connectivity index (χ0v) is 9.32. The number of carbonyl (C=O) groups is 2. The Morgan fingerprint density at radius 2 is 1.93 bits per heavy atom. The summed E-state index contributed by atoms with van der Waals surface area (Å²) in [7, 11) is 5.90. The fraction of sp³-hybridized carbons (Fsp3) is 0.778. The van der Waals surface area contributed by atoms with E-state index in [-0.39, 0.29) is 0 Å². The van der Waals surface area contributed by atoms with Gasteiger partial charge in [0.15, 0.2) is 0 Å². The molecule has 0 radical (unpaired) electrons. The summed E-state index contributed by atoms with van der Waals surface area (Å²) in [6.45, 7) is 1.15. The fourth-order valence-corrected chi connectivity index (χ4v) is 0.988. The minimum absolute atomic E-state index is 0.440. The van der Waals surface area contributed by atoms with Crippen molar-refractivity contribution in [2.45, 2.75) is 12.5 Å². The molecule has 6 heteroatoms. The number of carbonyl (C=O) groups excluding carboxylic acids is 1. The summed E-state index contributed by atoms with van der Waals surface area (Å²) in [5.41, 5.74) is 0. The van der Waals surface area contributed by atoms with Crippen LogP contribution in [-0.4, -0.2) is 61.8 Å². The Morgan fingerprint density at radius 1 is 1.40 bits per heavy atom. The number of hydrogen-bond donors (Lipinski definition) is 2. The topological polar surface area (TPSA) is 89.5 Å². The number of hydrogen-bond acceptors (Lipinski definition) is 4. The van der Waals surface area contributed by atoms with Crippen LogP contribution in [0.1, 0.15) is 6.42 Å². The van der Waals surface area contributed by atoms with Crippen LogP contribution in [0.4, 0.5) is 0 Å². The molecule has 0 heterocycles. The quantitative estimate of drug-likeness (QED) is 0.477. The molecule has 0 fully saturated rings. The third-order valence-electron chi connectivity index (χ3n) is 1.84. The van der Waals surface area contributed by atoms with Crippen molar-refractivity contribution in [3.05, 3.63) is 0 Å². The molecule has 6 nitrogen and oxygen atoms in total. The highest BCUT2D eigenvalue weighted by Gasteiger charge is 2.15. The maximum absolute atomic E-state index is 10.5. The van der Waals surface area contributed by atoms with Gasteiger partial charge in [-0.2, -0.15) is 0 Å². The summed E-state index contributed by atoms with van der Waals surface area (Å²) in [5, 5.41) is 21.7. The van der Waals surface area contributed by atoms with Crippen molar-refractivity contribution in [3.8, 4) is 0 Å². The molecule has 0 aromatic rings. The Morgan fingerprint density at radius 3 is 2.27 bits per heavy atom. The monoisotopic (exact) mass is 218 g/mol. The number of carboxylic acid groups (broad SMARTS) is 2. The molecule has 1 atom stereocenters. The Labute approximate surface area is 89.1 Å². The lowest BCUT2D eigenvalue weighted by atomic mass is 10.2. The van der Waals surface area contributed by atoms with Crippen LogP contribution in [0, 0.1) is 0 Å². The van der Waals surface area contributed by atoms with Crippen LogP contribution in [0.3, 0.4) is 0 Å². The first kappa shape index (κ1) is 13.9. The minimum Gasteiger partial charge on any atom is -0.548 e. The van der Waals surface area contributed by atoms with E-state index in [0.717, 1.165) is 0 Å². The molecule has 0 aliphatic heterocycles. The zero-order chi connectivity index (χ0) is 12.1. The summed E-state index contributed by atoms with van der Waals surface area (Å²) < 4.78 is 0.680. The first-order valence-corrected chi connectivity index (χ1v) is 4.69. The van der Waals surface area contributed by atoms with E-state index in [1.54, 1.807) is 0 Å². The van der Waals surface area contributed by atoms with Gasteiger partial charge in [0.2, 0.25) is 0 Å². The van der Waals surface area contributed by atoms with E-state index in [4.69, 9.17) is 5.11 Å². The Kier molecular flexibility index (Phi) is 5.24. The molecule has 0 amide bonds. The molecule has 0 spiro atoms. The molecule has 0 bridgehead atoms. The summed E-state index contributed by atoms with van der Waals surface area (Å²) >= 11 is 0.